The molecule has 3 saturated carbocycles. The zero-order valence-electron chi connectivity index (χ0n) is 60.2. The van der Waals surface area contributed by atoms with Gasteiger partial charge in [0.2, 0.25) is 14.0 Å². The maximum atomic E-state index is 13.1. The molecular formula is C67H79IN8O23S7Si2. The number of Topliss-reactive ketones (excluding diaryl/α,β-unsaturated/α-hetero) is 6. The molecular weight excluding hydrogens is 1690 g/mol. The molecule has 7 N–H and O–H groups in total. The van der Waals surface area contributed by atoms with Crippen LogP contribution in [0.2, 0.25) is 39.3 Å². The second kappa shape index (κ2) is 40.4. The fourth-order valence-electron chi connectivity index (χ4n) is 11.2. The number of carboxylic acids is 2. The minimum atomic E-state index is -2.13. The number of carboxylic acid groups (broad SMARTS) is 2. The molecule has 31 nitrogen and oxygen atoms in total. The summed E-state index contributed by atoms with van der Waals surface area (Å²) in [6.07, 6.45) is 4.50. The van der Waals surface area contributed by atoms with Crippen LogP contribution in [0.15, 0.2) is 123 Å². The number of furan rings is 3. The van der Waals surface area contributed by atoms with E-state index in [-0.39, 0.29) is 155 Å². The number of ketones is 6. The number of rotatable bonds is 28. The molecule has 6 aliphatic rings. The lowest BCUT2D eigenvalue weighted by Crippen LogP contribution is -2.68. The number of nitrogens with zero attached hydrogens (tertiary/aromatic N) is 4. The highest BCUT2D eigenvalue weighted by atomic mass is 127. The first-order valence-electron chi connectivity index (χ1n) is 32.6. The van der Waals surface area contributed by atoms with E-state index < -0.39 is 104 Å². The zero-order valence-corrected chi connectivity index (χ0v) is 70.3. The van der Waals surface area contributed by atoms with Crippen LogP contribution < -0.4 is 21.3 Å². The van der Waals surface area contributed by atoms with E-state index in [1.807, 2.05) is 19.6 Å². The smallest absolute Gasteiger partial charge is 0.332 e. The number of hydrogen-bond acceptors (Lipinski definition) is 34. The molecule has 9 atom stereocenters. The van der Waals surface area contributed by atoms with E-state index in [1.165, 1.54) is 88.1 Å². The molecule has 41 heteroatoms. The summed E-state index contributed by atoms with van der Waals surface area (Å²) < 4.78 is 21.1. The molecule has 0 radical (unpaired) electrons. The van der Waals surface area contributed by atoms with Gasteiger partial charge < -0.3 is 63.8 Å². The van der Waals surface area contributed by atoms with Crippen LogP contribution in [0.5, 0.6) is 0 Å². The molecule has 108 heavy (non-hydrogen) atoms. The Morgan fingerprint density at radius 3 is 1.31 bits per heavy atom. The molecule has 3 fully saturated rings. The molecule has 4 aromatic heterocycles. The number of nitrogen functional groups attached to an aromatic ring is 1. The summed E-state index contributed by atoms with van der Waals surface area (Å²) in [5, 5.41) is 35.1. The third-order valence-corrected chi connectivity index (χ3v) is 25.9. The van der Waals surface area contributed by atoms with Crippen LogP contribution in [0.1, 0.15) is 71.0 Å². The number of nitrogens with one attached hydrogen (secondary N) is 3. The number of anilines is 1. The van der Waals surface area contributed by atoms with Gasteiger partial charge in [0.25, 0.3) is 27.2 Å². The van der Waals surface area contributed by atoms with Crippen molar-refractivity contribution < 1.29 is 110 Å². The Hall–Kier alpha value is -7.50. The third kappa shape index (κ3) is 22.6. The second-order valence-corrected chi connectivity index (χ2v) is 42.1. The fourth-order valence-corrected chi connectivity index (χ4v) is 21.2. The van der Waals surface area contributed by atoms with Gasteiger partial charge in [0.15, 0.2) is 68.5 Å². The number of oxime groups is 3. The quantitative estimate of drug-likeness (QED) is 0.0104. The molecule has 3 aliphatic heterocycles. The van der Waals surface area contributed by atoms with Crippen LogP contribution >= 0.6 is 106 Å². The minimum absolute atomic E-state index is 0. The number of aromatic nitrogens is 1. The molecule has 3 unspecified atom stereocenters. The van der Waals surface area contributed by atoms with Crippen molar-refractivity contribution >= 4 is 224 Å². The Bertz CT molecular complexity index is 4300. The molecule has 7 heterocycles. The molecule has 0 saturated heterocycles. The maximum absolute atomic E-state index is 13.1. The van der Waals surface area contributed by atoms with Gasteiger partial charge in [0, 0.05) is 92.1 Å². The Morgan fingerprint density at radius 1 is 0.583 bits per heavy atom. The number of nitrogens with two attached hydrogens (primary N) is 1. The molecule has 0 bridgehead atoms. The van der Waals surface area contributed by atoms with Crippen molar-refractivity contribution in [2.75, 3.05) is 61.6 Å². The normalized spacial score (nSPS) is 21.5. The number of aliphatic carboxylic acids is 2. The zero-order chi connectivity index (χ0) is 78.9. The van der Waals surface area contributed by atoms with E-state index in [4.69, 9.17) is 28.2 Å². The lowest BCUT2D eigenvalue weighted by Gasteiger charge is -2.49. The van der Waals surface area contributed by atoms with Crippen molar-refractivity contribution in [3.05, 3.63) is 117 Å². The monoisotopic (exact) mass is 1770 g/mol. The first-order chi connectivity index (χ1) is 50.6. The summed E-state index contributed by atoms with van der Waals surface area (Å²) in [5.41, 5.74) is 7.35. The molecule has 0 aromatic carbocycles. The van der Waals surface area contributed by atoms with E-state index in [9.17, 15) is 77.3 Å². The molecule has 4 aromatic rings. The van der Waals surface area contributed by atoms with Crippen LogP contribution in [0.3, 0.4) is 0 Å². The van der Waals surface area contributed by atoms with Gasteiger partial charge in [-0.1, -0.05) is 84.2 Å². The Balaban J connectivity index is 0.000000236. The van der Waals surface area contributed by atoms with Crippen LogP contribution in [-0.2, 0) is 71.7 Å². The van der Waals surface area contributed by atoms with Gasteiger partial charge in [-0.2, -0.15) is 35.3 Å². The van der Waals surface area contributed by atoms with Gasteiger partial charge >= 0.3 is 17.9 Å². The number of halogens is 1. The Morgan fingerprint density at radius 2 is 0.963 bits per heavy atom. The van der Waals surface area contributed by atoms with Gasteiger partial charge in [-0.05, 0) is 72.8 Å². The Kier molecular flexibility index (Phi) is 33.5. The predicted octanol–water partition coefficient (Wildman–Crippen LogP) is 7.85. The van der Waals surface area contributed by atoms with E-state index in [1.54, 1.807) is 49.9 Å². The van der Waals surface area contributed by atoms with Gasteiger partial charge in [-0.3, -0.25) is 52.7 Å². The average Bonchev–Trinajstić information content (AvgIpc) is 0.921. The lowest BCUT2D eigenvalue weighted by molar-refractivity contribution is -0.139. The average molecular weight is 1770 g/mol. The van der Waals surface area contributed by atoms with Crippen LogP contribution in [0.25, 0.3) is 0 Å². The van der Waals surface area contributed by atoms with Crippen LogP contribution in [0.4, 0.5) is 5.13 Å². The summed E-state index contributed by atoms with van der Waals surface area (Å²) in [6, 6.07) is 7.45. The van der Waals surface area contributed by atoms with Crippen molar-refractivity contribution in [1.82, 2.24) is 20.6 Å². The number of amides is 2. The van der Waals surface area contributed by atoms with Crippen molar-refractivity contribution in [3.63, 3.8) is 0 Å². The van der Waals surface area contributed by atoms with Crippen molar-refractivity contribution in [3.8, 4) is 0 Å². The number of carbonyl (C=O) groups is 14. The summed E-state index contributed by atoms with van der Waals surface area (Å²) in [4.78, 5) is 192. The molecule has 0 spiro atoms. The van der Waals surface area contributed by atoms with Crippen LogP contribution in [-0.4, -0.2) is 218 Å². The number of thioether (sulfide) groups is 6. The lowest BCUT2D eigenvalue weighted by atomic mass is 9.71. The van der Waals surface area contributed by atoms with Crippen molar-refractivity contribution in [1.29, 1.82) is 0 Å². The largest absolute Gasteiger partial charge is 0.517 e. The number of carbonyl (C=O) groups excluding carboxylic acids is 12. The van der Waals surface area contributed by atoms with Gasteiger partial charge in [-0.15, -0.1) is 35.3 Å². The van der Waals surface area contributed by atoms with E-state index in [2.05, 4.69) is 65.4 Å². The summed E-state index contributed by atoms with van der Waals surface area (Å²) in [7, 11) is -0.0102. The summed E-state index contributed by atoms with van der Waals surface area (Å²) in [6.45, 7) is 16.9. The van der Waals surface area contributed by atoms with Crippen molar-refractivity contribution in [2.45, 2.75) is 107 Å². The second-order valence-electron chi connectivity index (χ2n) is 25.6. The first kappa shape index (κ1) is 89.4. The number of hydrogen-bond donors (Lipinski definition) is 6. The molecule has 2 amide bonds. The fraction of sp³-hybridized carbons (Fsp3) is 0.433. The molecule has 10 rings (SSSR count). The Labute approximate surface area is 667 Å². The maximum Gasteiger partial charge on any atom is 0.332 e. The third-order valence-electron chi connectivity index (χ3n) is 16.0. The highest BCUT2D eigenvalue weighted by Gasteiger charge is 2.59. The number of fused-ring (bicyclic) bond motifs is 3. The van der Waals surface area contributed by atoms with E-state index in [0.29, 0.717) is 34.0 Å². The highest BCUT2D eigenvalue weighted by molar-refractivity contribution is 14.0. The molecule has 3 aliphatic carbocycles. The standard InChI is InChI=1S/C20H18N4O7S3.C20H20N2O8S2.C20H29NO5S2Si2.C7H11NO3.HI/c1-30-24-13(9-7-34-20(21)22-9)17(26)23-14-15(25)12-11(18(27)28)8(5-32-16(12)14)6-33-19(29)10-3-2-4-31-10;1-3-10(23)14(22-29-2)18(25)21-15-16(24)13-12(19(26)27)9(7-31-17(13)15)8-32-20(28)11-5-4-6-30-11;1-29(2,3)21-16-17(22)15-14(19(23)26-30(4,5)6)12(10-27-18(15)16)11-28-20(24)13-8-7-9-25-13;1-4-6(10)7(5(2)9)8-11-3;/h2-4,7,12,14,16H,5-6H2,1H3,(H2,21,22)(H,23,26)(H,27,28);4-6,13,15,17H,3,7-8H2,1-2H3,(H,21,25)(H,26,27);7-9,15-16,18,21H,10-11H2,1-6H3;4H2,1-3H3;1H/b24-13-;22-14+;;8-7+;/t12?,14-,16+;13?,15-,17+;15?,16-,18+;;/m111../s1. The van der Waals surface area contributed by atoms with Gasteiger partial charge in [0.1, 0.15) is 47.3 Å². The number of thiazole rings is 1. The van der Waals surface area contributed by atoms with E-state index >= 15 is 0 Å². The van der Waals surface area contributed by atoms with Crippen molar-refractivity contribution in [2.24, 2.45) is 33.2 Å². The predicted molar refractivity (Wildman–Crippen MR) is 426 cm³/mol. The van der Waals surface area contributed by atoms with Gasteiger partial charge in [-0.25, -0.2) is 19.4 Å². The minimum Gasteiger partial charge on any atom is -0.517 e. The van der Waals surface area contributed by atoms with Gasteiger partial charge in [0.05, 0.1) is 42.6 Å². The SMILES string of the molecule is CCC(=O)/C(=N/OC)C(C)=O.CCC(=O)/C(=N\OC)C(=O)N[C@@H]1C(=O)C2C(C(=O)O)=C(CSC(=O)c3ccco3)CS[C@@H]21.CO/N=C(\C(=O)N[C@@H]1C(=O)C2C(C(=O)O)=C(CSC(=O)c3ccco3)CS[C@@H]21)c1csc(N)n1.C[Si](C)(C)N[C@@H]1C(=O)C2C(C(=O)O[Si](C)(C)C)=C(CSC(=O)c3ccco3)CS[C@@H]21.I. The van der Waals surface area contributed by atoms with Crippen LogP contribution in [0, 0.1) is 17.8 Å². The summed E-state index contributed by atoms with van der Waals surface area (Å²) >= 11 is 8.42. The topological polar surface area (TPSA) is 468 Å². The van der Waals surface area contributed by atoms with E-state index in [0.717, 1.165) is 52.2 Å². The molecule has 582 valence electrons. The summed E-state index contributed by atoms with van der Waals surface area (Å²) in [5.74, 6) is -6.21. The highest BCUT2D eigenvalue weighted by Crippen LogP contribution is 2.49. The first-order valence-corrected chi connectivity index (χ1v) is 46.5.